The molecule has 0 unspecified atom stereocenters. The standard InChI is InChI=1S/C17H20N4O3S/c1-3-8-21-12-18-19-17(21)25-11-16(22)20(2)9-13-10-23-14-6-4-5-7-15(14)24-13/h3-7,12-13H,1,8-11H2,2H3/t13-/m0/s1. The molecule has 8 heteroatoms. The highest BCUT2D eigenvalue weighted by Crippen LogP contribution is 2.31. The molecule has 0 fully saturated rings. The van der Waals surface area contributed by atoms with E-state index in [4.69, 9.17) is 9.47 Å². The summed E-state index contributed by atoms with van der Waals surface area (Å²) in [6.45, 7) is 5.20. The first-order valence-electron chi connectivity index (χ1n) is 7.91. The SMILES string of the molecule is C=CCn1cnnc1SCC(=O)N(C)C[C@H]1COc2ccccc2O1. The van der Waals surface area contributed by atoms with E-state index in [-0.39, 0.29) is 17.8 Å². The predicted molar refractivity (Wildman–Crippen MR) is 94.9 cm³/mol. The average Bonchev–Trinajstić information content (AvgIpc) is 3.07. The summed E-state index contributed by atoms with van der Waals surface area (Å²) in [5, 5.41) is 8.58. The van der Waals surface area contributed by atoms with E-state index in [2.05, 4.69) is 16.8 Å². The predicted octanol–water partition coefficient (Wildman–Crippen LogP) is 1.85. The number of thioether (sulfide) groups is 1. The van der Waals surface area contributed by atoms with E-state index in [0.29, 0.717) is 30.6 Å². The average molecular weight is 360 g/mol. The molecule has 1 aromatic carbocycles. The molecule has 0 spiro atoms. The third kappa shape index (κ3) is 4.33. The van der Waals surface area contributed by atoms with Gasteiger partial charge in [0.1, 0.15) is 12.9 Å². The minimum atomic E-state index is -0.182. The molecule has 3 rings (SSSR count). The summed E-state index contributed by atoms with van der Waals surface area (Å²) < 4.78 is 13.4. The number of hydrogen-bond donors (Lipinski definition) is 0. The quantitative estimate of drug-likeness (QED) is 0.554. The van der Waals surface area contributed by atoms with Crippen LogP contribution in [-0.2, 0) is 11.3 Å². The fourth-order valence-electron chi connectivity index (χ4n) is 2.42. The molecule has 0 aliphatic carbocycles. The zero-order valence-electron chi connectivity index (χ0n) is 14.0. The van der Waals surface area contributed by atoms with Crippen LogP contribution < -0.4 is 9.47 Å². The van der Waals surface area contributed by atoms with Gasteiger partial charge in [-0.3, -0.25) is 4.79 Å². The number of rotatable bonds is 7. The van der Waals surface area contributed by atoms with E-state index in [9.17, 15) is 4.79 Å². The number of aromatic nitrogens is 3. The van der Waals surface area contributed by atoms with Crippen LogP contribution in [0.15, 0.2) is 48.4 Å². The molecule has 25 heavy (non-hydrogen) atoms. The molecular weight excluding hydrogens is 340 g/mol. The van der Waals surface area contributed by atoms with Crippen LogP contribution in [0, 0.1) is 0 Å². The normalized spacial score (nSPS) is 15.6. The van der Waals surface area contributed by atoms with Gasteiger partial charge in [-0.15, -0.1) is 16.8 Å². The first-order chi connectivity index (χ1) is 12.2. The minimum absolute atomic E-state index is 0.000566. The third-order valence-corrected chi connectivity index (χ3v) is 4.67. The first kappa shape index (κ1) is 17.3. The summed E-state index contributed by atoms with van der Waals surface area (Å²) in [7, 11) is 1.77. The Balaban J connectivity index is 1.50. The van der Waals surface area contributed by atoms with Crippen LogP contribution in [0.2, 0.25) is 0 Å². The summed E-state index contributed by atoms with van der Waals surface area (Å²) in [5.41, 5.74) is 0. The number of fused-ring (bicyclic) bond motifs is 1. The highest BCUT2D eigenvalue weighted by molar-refractivity contribution is 7.99. The Hall–Kier alpha value is -2.48. The van der Waals surface area contributed by atoms with Crippen LogP contribution >= 0.6 is 11.8 Å². The Morgan fingerprint density at radius 2 is 2.28 bits per heavy atom. The second-order valence-corrected chi connectivity index (χ2v) is 6.56. The lowest BCUT2D eigenvalue weighted by Gasteiger charge is -2.29. The maximum Gasteiger partial charge on any atom is 0.232 e. The molecule has 1 aliphatic heterocycles. The van der Waals surface area contributed by atoms with Crippen LogP contribution in [0.25, 0.3) is 0 Å². The van der Waals surface area contributed by atoms with Crippen LogP contribution in [0.4, 0.5) is 0 Å². The largest absolute Gasteiger partial charge is 0.486 e. The van der Waals surface area contributed by atoms with Crippen molar-refractivity contribution < 1.29 is 14.3 Å². The Morgan fingerprint density at radius 3 is 3.08 bits per heavy atom. The van der Waals surface area contributed by atoms with Gasteiger partial charge >= 0.3 is 0 Å². The zero-order valence-corrected chi connectivity index (χ0v) is 14.8. The van der Waals surface area contributed by atoms with Gasteiger partial charge in [0.2, 0.25) is 5.91 Å². The number of hydrogen-bond acceptors (Lipinski definition) is 6. The van der Waals surface area contributed by atoms with Crippen molar-refractivity contribution in [3.05, 3.63) is 43.2 Å². The highest BCUT2D eigenvalue weighted by atomic mass is 32.2. The molecule has 1 amide bonds. The van der Waals surface area contributed by atoms with Crippen LogP contribution in [0.5, 0.6) is 11.5 Å². The van der Waals surface area contributed by atoms with Gasteiger partial charge in [0.05, 0.1) is 12.3 Å². The number of ether oxygens (including phenoxy) is 2. The van der Waals surface area contributed by atoms with Crippen molar-refractivity contribution in [2.24, 2.45) is 0 Å². The fourth-order valence-corrected chi connectivity index (χ4v) is 3.28. The molecule has 1 atom stereocenters. The Morgan fingerprint density at radius 1 is 1.48 bits per heavy atom. The monoisotopic (exact) mass is 360 g/mol. The fraction of sp³-hybridized carbons (Fsp3) is 0.353. The minimum Gasteiger partial charge on any atom is -0.486 e. The summed E-state index contributed by atoms with van der Waals surface area (Å²) in [6, 6.07) is 7.54. The van der Waals surface area contributed by atoms with E-state index < -0.39 is 0 Å². The molecule has 1 aromatic heterocycles. The molecule has 2 heterocycles. The molecule has 132 valence electrons. The third-order valence-electron chi connectivity index (χ3n) is 3.70. The zero-order chi connectivity index (χ0) is 17.6. The number of likely N-dealkylation sites (N-methyl/N-ethyl adjacent to an activating group) is 1. The Labute approximate surface area is 150 Å². The number of carbonyl (C=O) groups excluding carboxylic acids is 1. The maximum absolute atomic E-state index is 12.4. The van der Waals surface area contributed by atoms with E-state index in [0.717, 1.165) is 5.75 Å². The van der Waals surface area contributed by atoms with E-state index in [1.807, 2.05) is 28.8 Å². The Kier molecular flexibility index (Phi) is 5.60. The van der Waals surface area contributed by atoms with Gasteiger partial charge < -0.3 is 18.9 Å². The van der Waals surface area contributed by atoms with Gasteiger partial charge in [-0.25, -0.2) is 0 Å². The van der Waals surface area contributed by atoms with Crippen molar-refractivity contribution >= 4 is 17.7 Å². The van der Waals surface area contributed by atoms with Gasteiger partial charge in [0, 0.05) is 13.6 Å². The first-order valence-corrected chi connectivity index (χ1v) is 8.90. The van der Waals surface area contributed by atoms with E-state index in [1.165, 1.54) is 11.8 Å². The molecule has 0 N–H and O–H groups in total. The summed E-state index contributed by atoms with van der Waals surface area (Å²) in [4.78, 5) is 14.0. The maximum atomic E-state index is 12.4. The van der Waals surface area contributed by atoms with Crippen molar-refractivity contribution in [3.63, 3.8) is 0 Å². The lowest BCUT2D eigenvalue weighted by molar-refractivity contribution is -0.128. The lowest BCUT2D eigenvalue weighted by atomic mass is 10.2. The summed E-state index contributed by atoms with van der Waals surface area (Å²) >= 11 is 1.36. The second kappa shape index (κ2) is 8.06. The van der Waals surface area contributed by atoms with Crippen LogP contribution in [-0.4, -0.2) is 57.6 Å². The number of carbonyl (C=O) groups is 1. The van der Waals surface area contributed by atoms with Gasteiger partial charge in [0.25, 0.3) is 0 Å². The van der Waals surface area contributed by atoms with E-state index in [1.54, 1.807) is 24.4 Å². The van der Waals surface area contributed by atoms with Gasteiger partial charge in [-0.05, 0) is 12.1 Å². The van der Waals surface area contributed by atoms with Crippen molar-refractivity contribution in [1.82, 2.24) is 19.7 Å². The van der Waals surface area contributed by atoms with Crippen molar-refractivity contribution in [2.75, 3.05) is 26.0 Å². The number of amides is 1. The van der Waals surface area contributed by atoms with Gasteiger partial charge in [-0.2, -0.15) is 0 Å². The van der Waals surface area contributed by atoms with Gasteiger partial charge in [-0.1, -0.05) is 30.0 Å². The highest BCUT2D eigenvalue weighted by Gasteiger charge is 2.23. The smallest absolute Gasteiger partial charge is 0.232 e. The second-order valence-electron chi connectivity index (χ2n) is 5.62. The van der Waals surface area contributed by atoms with Crippen LogP contribution in [0.3, 0.4) is 0 Å². The molecule has 0 saturated carbocycles. The molecule has 7 nitrogen and oxygen atoms in total. The molecular formula is C17H20N4O3S. The van der Waals surface area contributed by atoms with E-state index >= 15 is 0 Å². The summed E-state index contributed by atoms with van der Waals surface area (Å²) in [6.07, 6.45) is 3.21. The lowest BCUT2D eigenvalue weighted by Crippen LogP contribution is -2.42. The van der Waals surface area contributed by atoms with Crippen molar-refractivity contribution in [3.8, 4) is 11.5 Å². The molecule has 0 saturated heterocycles. The molecule has 1 aliphatic rings. The van der Waals surface area contributed by atoms with Crippen molar-refractivity contribution in [2.45, 2.75) is 17.8 Å². The number of allylic oxidation sites excluding steroid dienone is 1. The van der Waals surface area contributed by atoms with Crippen molar-refractivity contribution in [1.29, 1.82) is 0 Å². The number of nitrogens with zero attached hydrogens (tertiary/aromatic N) is 4. The number of para-hydroxylation sites is 2. The van der Waals surface area contributed by atoms with Gasteiger partial charge in [0.15, 0.2) is 22.8 Å². The molecule has 2 aromatic rings. The molecule has 0 radical (unpaired) electrons. The number of benzene rings is 1. The molecule has 0 bridgehead atoms. The Bertz CT molecular complexity index is 749. The van der Waals surface area contributed by atoms with Crippen LogP contribution in [0.1, 0.15) is 0 Å². The summed E-state index contributed by atoms with van der Waals surface area (Å²) in [5.74, 6) is 1.74. The topological polar surface area (TPSA) is 69.5 Å².